The summed E-state index contributed by atoms with van der Waals surface area (Å²) < 4.78 is 0. The SMILES string of the molecule is C=C1C=CC2=C(C(=O)O)C=CC2=CC1. The van der Waals surface area contributed by atoms with Gasteiger partial charge in [-0.25, -0.2) is 4.79 Å². The summed E-state index contributed by atoms with van der Waals surface area (Å²) in [6.45, 7) is 3.85. The van der Waals surface area contributed by atoms with Crippen molar-refractivity contribution in [2.24, 2.45) is 0 Å². The molecule has 0 aromatic rings. The number of hydrogen-bond donors (Lipinski definition) is 1. The third-order valence-corrected chi connectivity index (χ3v) is 2.33. The van der Waals surface area contributed by atoms with E-state index in [1.54, 1.807) is 6.08 Å². The average Bonchev–Trinajstić information content (AvgIpc) is 2.46. The van der Waals surface area contributed by atoms with Gasteiger partial charge in [-0.1, -0.05) is 36.5 Å². The first kappa shape index (κ1) is 8.75. The molecule has 0 atom stereocenters. The molecule has 2 aliphatic rings. The van der Waals surface area contributed by atoms with Gasteiger partial charge in [0.1, 0.15) is 0 Å². The molecule has 1 N–H and O–H groups in total. The summed E-state index contributed by atoms with van der Waals surface area (Å²) in [7, 11) is 0. The van der Waals surface area contributed by atoms with Gasteiger partial charge in [0.25, 0.3) is 0 Å². The number of hydrogen-bond acceptors (Lipinski definition) is 1. The molecular weight excluding hydrogens is 176 g/mol. The second-order valence-electron chi connectivity index (χ2n) is 3.32. The van der Waals surface area contributed by atoms with Gasteiger partial charge in [0.15, 0.2) is 0 Å². The first-order chi connectivity index (χ1) is 6.68. The van der Waals surface area contributed by atoms with Crippen LogP contribution in [0.3, 0.4) is 0 Å². The van der Waals surface area contributed by atoms with E-state index in [1.165, 1.54) is 0 Å². The predicted octanol–water partition coefficient (Wildman–Crippen LogP) is 2.38. The Bertz CT molecular complexity index is 431. The van der Waals surface area contributed by atoms with E-state index in [0.29, 0.717) is 5.57 Å². The molecule has 2 heteroatoms. The molecule has 0 aromatic carbocycles. The van der Waals surface area contributed by atoms with E-state index < -0.39 is 5.97 Å². The number of carbonyl (C=O) groups is 1. The Kier molecular flexibility index (Phi) is 1.97. The number of aliphatic carboxylic acids is 1. The summed E-state index contributed by atoms with van der Waals surface area (Å²) >= 11 is 0. The van der Waals surface area contributed by atoms with Crippen molar-refractivity contribution in [2.45, 2.75) is 6.42 Å². The molecule has 0 saturated heterocycles. The van der Waals surface area contributed by atoms with Crippen LogP contribution >= 0.6 is 0 Å². The average molecular weight is 186 g/mol. The van der Waals surface area contributed by atoms with Crippen LogP contribution in [0.1, 0.15) is 6.42 Å². The van der Waals surface area contributed by atoms with Crippen LogP contribution in [0.4, 0.5) is 0 Å². The second-order valence-corrected chi connectivity index (χ2v) is 3.32. The molecule has 0 saturated carbocycles. The summed E-state index contributed by atoms with van der Waals surface area (Å²) in [5, 5.41) is 8.92. The summed E-state index contributed by atoms with van der Waals surface area (Å²) in [5.74, 6) is -0.878. The largest absolute Gasteiger partial charge is 0.478 e. The Morgan fingerprint density at radius 1 is 1.29 bits per heavy atom. The third kappa shape index (κ3) is 1.35. The number of carboxylic acids is 1. The smallest absolute Gasteiger partial charge is 0.336 e. The Morgan fingerprint density at radius 3 is 2.79 bits per heavy atom. The van der Waals surface area contributed by atoms with E-state index in [0.717, 1.165) is 23.1 Å². The van der Waals surface area contributed by atoms with Crippen LogP contribution in [0, 0.1) is 0 Å². The van der Waals surface area contributed by atoms with Gasteiger partial charge in [-0.15, -0.1) is 0 Å². The van der Waals surface area contributed by atoms with Crippen molar-refractivity contribution in [1.29, 1.82) is 0 Å². The van der Waals surface area contributed by atoms with Crippen LogP contribution in [0.5, 0.6) is 0 Å². The number of allylic oxidation sites excluding steroid dienone is 7. The third-order valence-electron chi connectivity index (χ3n) is 2.33. The molecule has 0 aliphatic heterocycles. The maximum atomic E-state index is 10.9. The molecule has 2 rings (SSSR count). The van der Waals surface area contributed by atoms with E-state index in [4.69, 9.17) is 5.11 Å². The Hall–Kier alpha value is -1.83. The zero-order valence-corrected chi connectivity index (χ0v) is 7.66. The molecule has 2 nitrogen and oxygen atoms in total. The Balaban J connectivity index is 2.53. The lowest BCUT2D eigenvalue weighted by Crippen LogP contribution is -1.98. The number of rotatable bonds is 1. The lowest BCUT2D eigenvalue weighted by atomic mass is 10.1. The maximum absolute atomic E-state index is 10.9. The molecule has 0 bridgehead atoms. The zero-order valence-electron chi connectivity index (χ0n) is 7.66. The highest BCUT2D eigenvalue weighted by molar-refractivity contribution is 5.95. The first-order valence-corrected chi connectivity index (χ1v) is 4.40. The van der Waals surface area contributed by atoms with Gasteiger partial charge >= 0.3 is 5.97 Å². The maximum Gasteiger partial charge on any atom is 0.336 e. The predicted molar refractivity (Wildman–Crippen MR) is 54.8 cm³/mol. The minimum Gasteiger partial charge on any atom is -0.478 e. The molecule has 14 heavy (non-hydrogen) atoms. The van der Waals surface area contributed by atoms with Gasteiger partial charge in [-0.2, -0.15) is 0 Å². The number of carboxylic acid groups (broad SMARTS) is 1. The summed E-state index contributed by atoms with van der Waals surface area (Å²) in [5.41, 5.74) is 3.13. The number of fused-ring (bicyclic) bond motifs is 1. The molecular formula is C12H10O2. The van der Waals surface area contributed by atoms with E-state index in [2.05, 4.69) is 6.58 Å². The molecule has 0 spiro atoms. The summed E-state index contributed by atoms with van der Waals surface area (Å²) in [6.07, 6.45) is 9.96. The van der Waals surface area contributed by atoms with Crippen LogP contribution in [-0.2, 0) is 4.79 Å². The molecule has 0 amide bonds. The van der Waals surface area contributed by atoms with Crippen LogP contribution < -0.4 is 0 Å². The van der Waals surface area contributed by atoms with E-state index in [1.807, 2.05) is 24.3 Å². The lowest BCUT2D eigenvalue weighted by molar-refractivity contribution is -0.132. The topological polar surface area (TPSA) is 37.3 Å². The second kappa shape index (κ2) is 3.14. The van der Waals surface area contributed by atoms with Gasteiger partial charge < -0.3 is 5.11 Å². The standard InChI is InChI=1S/C12H10O2/c1-8-2-4-9-5-7-11(12(13)14)10(9)6-3-8/h3-7H,1-2H2,(H,13,14). The molecule has 2 aliphatic carbocycles. The highest BCUT2D eigenvalue weighted by atomic mass is 16.4. The van der Waals surface area contributed by atoms with Crippen molar-refractivity contribution in [3.05, 3.63) is 59.3 Å². The fraction of sp³-hybridized carbons (Fsp3) is 0.0833. The molecule has 0 heterocycles. The van der Waals surface area contributed by atoms with Crippen molar-refractivity contribution < 1.29 is 9.90 Å². The quantitative estimate of drug-likeness (QED) is 0.682. The van der Waals surface area contributed by atoms with Crippen molar-refractivity contribution in [2.75, 3.05) is 0 Å². The van der Waals surface area contributed by atoms with Crippen LogP contribution in [0.2, 0.25) is 0 Å². The van der Waals surface area contributed by atoms with Crippen molar-refractivity contribution in [3.8, 4) is 0 Å². The lowest BCUT2D eigenvalue weighted by Gasteiger charge is -1.97. The molecule has 0 fully saturated rings. The Labute approximate surface area is 82.2 Å². The Morgan fingerprint density at radius 2 is 2.07 bits per heavy atom. The van der Waals surface area contributed by atoms with Gasteiger partial charge in [0.05, 0.1) is 5.57 Å². The van der Waals surface area contributed by atoms with E-state index in [-0.39, 0.29) is 0 Å². The van der Waals surface area contributed by atoms with E-state index in [9.17, 15) is 4.79 Å². The molecule has 0 radical (unpaired) electrons. The van der Waals surface area contributed by atoms with Gasteiger partial charge in [-0.05, 0) is 23.6 Å². The highest BCUT2D eigenvalue weighted by Crippen LogP contribution is 2.29. The minimum absolute atomic E-state index is 0.363. The monoisotopic (exact) mass is 186 g/mol. The van der Waals surface area contributed by atoms with Crippen molar-refractivity contribution >= 4 is 5.97 Å². The molecule has 70 valence electrons. The van der Waals surface area contributed by atoms with E-state index >= 15 is 0 Å². The van der Waals surface area contributed by atoms with Crippen molar-refractivity contribution in [3.63, 3.8) is 0 Å². The normalized spacial score (nSPS) is 19.4. The first-order valence-electron chi connectivity index (χ1n) is 4.40. The zero-order chi connectivity index (χ0) is 10.1. The molecule has 0 aromatic heterocycles. The summed E-state index contributed by atoms with van der Waals surface area (Å²) in [6, 6.07) is 0. The minimum atomic E-state index is -0.878. The van der Waals surface area contributed by atoms with Crippen LogP contribution in [-0.4, -0.2) is 11.1 Å². The fourth-order valence-corrected chi connectivity index (χ4v) is 1.57. The van der Waals surface area contributed by atoms with Crippen LogP contribution in [0.15, 0.2) is 59.3 Å². The van der Waals surface area contributed by atoms with Crippen LogP contribution in [0.25, 0.3) is 0 Å². The highest BCUT2D eigenvalue weighted by Gasteiger charge is 2.18. The van der Waals surface area contributed by atoms with Gasteiger partial charge in [0.2, 0.25) is 0 Å². The fourth-order valence-electron chi connectivity index (χ4n) is 1.57. The van der Waals surface area contributed by atoms with Crippen molar-refractivity contribution in [1.82, 2.24) is 0 Å². The summed E-state index contributed by atoms with van der Waals surface area (Å²) in [4.78, 5) is 10.9. The van der Waals surface area contributed by atoms with Gasteiger partial charge in [-0.3, -0.25) is 0 Å². The molecule has 0 unspecified atom stereocenters. The van der Waals surface area contributed by atoms with Gasteiger partial charge in [0, 0.05) is 0 Å².